The molecule has 0 radical (unpaired) electrons. The van der Waals surface area contributed by atoms with Crippen molar-refractivity contribution in [2.75, 3.05) is 19.5 Å². The van der Waals surface area contributed by atoms with Crippen LogP contribution in [-0.4, -0.2) is 23.7 Å². The Bertz CT molecular complexity index is 483. The van der Waals surface area contributed by atoms with Crippen LogP contribution < -0.4 is 15.2 Å². The van der Waals surface area contributed by atoms with E-state index in [-0.39, 0.29) is 0 Å². The highest BCUT2D eigenvalue weighted by Gasteiger charge is 1.98. The number of hydrogen-bond donors (Lipinski definition) is 1. The molecule has 2 rings (SSSR count). The molecule has 0 spiro atoms. The SMILES string of the molecule is COc1ccc(OCCc2ncc(N)cn2)cc1. The fourth-order valence-corrected chi connectivity index (χ4v) is 1.43. The lowest BCUT2D eigenvalue weighted by molar-refractivity contribution is 0.318. The highest BCUT2D eigenvalue weighted by atomic mass is 16.5. The van der Waals surface area contributed by atoms with Gasteiger partial charge in [-0.25, -0.2) is 9.97 Å². The lowest BCUT2D eigenvalue weighted by Crippen LogP contribution is -2.05. The van der Waals surface area contributed by atoms with Crippen LogP contribution in [0.2, 0.25) is 0 Å². The molecule has 18 heavy (non-hydrogen) atoms. The first kappa shape index (κ1) is 12.2. The highest BCUT2D eigenvalue weighted by Crippen LogP contribution is 2.16. The summed E-state index contributed by atoms with van der Waals surface area (Å²) < 4.78 is 10.6. The quantitative estimate of drug-likeness (QED) is 0.868. The number of nitrogens with two attached hydrogens (primary N) is 1. The Balaban J connectivity index is 1.82. The minimum absolute atomic E-state index is 0.524. The molecular formula is C13H15N3O2. The van der Waals surface area contributed by atoms with Gasteiger partial charge in [0.25, 0.3) is 0 Å². The molecule has 1 aromatic carbocycles. The predicted octanol–water partition coefficient (Wildman–Crippen LogP) is 1.69. The summed E-state index contributed by atoms with van der Waals surface area (Å²) in [5, 5.41) is 0. The molecule has 0 aliphatic rings. The fourth-order valence-electron chi connectivity index (χ4n) is 1.43. The second kappa shape index (κ2) is 5.86. The number of anilines is 1. The third-order valence-corrected chi connectivity index (χ3v) is 2.38. The first-order chi connectivity index (χ1) is 8.78. The van der Waals surface area contributed by atoms with Gasteiger partial charge in [-0.1, -0.05) is 0 Å². The number of ether oxygens (including phenoxy) is 2. The summed E-state index contributed by atoms with van der Waals surface area (Å²) in [6.45, 7) is 0.524. The lowest BCUT2D eigenvalue weighted by atomic mass is 10.3. The summed E-state index contributed by atoms with van der Waals surface area (Å²) in [7, 11) is 1.63. The normalized spacial score (nSPS) is 10.1. The average molecular weight is 245 g/mol. The zero-order valence-corrected chi connectivity index (χ0v) is 10.2. The number of aromatic nitrogens is 2. The minimum Gasteiger partial charge on any atom is -0.497 e. The molecule has 1 aromatic heterocycles. The third kappa shape index (κ3) is 3.35. The second-order valence-corrected chi connectivity index (χ2v) is 3.71. The summed E-state index contributed by atoms with van der Waals surface area (Å²) in [5.74, 6) is 2.33. The van der Waals surface area contributed by atoms with Crippen LogP contribution in [0, 0.1) is 0 Å². The zero-order valence-electron chi connectivity index (χ0n) is 10.2. The number of methoxy groups -OCH3 is 1. The molecule has 0 saturated heterocycles. The first-order valence-electron chi connectivity index (χ1n) is 5.61. The van der Waals surface area contributed by atoms with E-state index in [1.807, 2.05) is 24.3 Å². The van der Waals surface area contributed by atoms with Crippen molar-refractivity contribution in [3.05, 3.63) is 42.5 Å². The summed E-state index contributed by atoms with van der Waals surface area (Å²) in [4.78, 5) is 8.20. The van der Waals surface area contributed by atoms with Crippen molar-refractivity contribution >= 4 is 5.69 Å². The van der Waals surface area contributed by atoms with E-state index < -0.39 is 0 Å². The molecule has 0 aliphatic carbocycles. The van der Waals surface area contributed by atoms with E-state index in [1.54, 1.807) is 19.5 Å². The number of rotatable bonds is 5. The number of nitrogens with zero attached hydrogens (tertiary/aromatic N) is 2. The van der Waals surface area contributed by atoms with Gasteiger partial charge >= 0.3 is 0 Å². The maximum absolute atomic E-state index is 5.57. The Morgan fingerprint density at radius 1 is 1.06 bits per heavy atom. The molecule has 5 heteroatoms. The van der Waals surface area contributed by atoms with Crippen LogP contribution in [0.4, 0.5) is 5.69 Å². The molecule has 2 aromatic rings. The van der Waals surface area contributed by atoms with Gasteiger partial charge in [0.2, 0.25) is 0 Å². The highest BCUT2D eigenvalue weighted by molar-refractivity contribution is 5.31. The molecule has 5 nitrogen and oxygen atoms in total. The molecule has 0 bridgehead atoms. The monoisotopic (exact) mass is 245 g/mol. The molecular weight excluding hydrogens is 230 g/mol. The number of benzene rings is 1. The Hall–Kier alpha value is -2.30. The molecule has 0 unspecified atom stereocenters. The maximum Gasteiger partial charge on any atom is 0.131 e. The predicted molar refractivity (Wildman–Crippen MR) is 68.6 cm³/mol. The van der Waals surface area contributed by atoms with Crippen LogP contribution in [0.25, 0.3) is 0 Å². The van der Waals surface area contributed by atoms with Crippen LogP contribution in [-0.2, 0) is 6.42 Å². The molecule has 2 N–H and O–H groups in total. The summed E-state index contributed by atoms with van der Waals surface area (Å²) in [5.41, 5.74) is 6.07. The molecule has 94 valence electrons. The smallest absolute Gasteiger partial charge is 0.131 e. The van der Waals surface area contributed by atoms with Crippen molar-refractivity contribution in [1.82, 2.24) is 9.97 Å². The lowest BCUT2D eigenvalue weighted by Gasteiger charge is -2.06. The first-order valence-corrected chi connectivity index (χ1v) is 5.61. The van der Waals surface area contributed by atoms with Gasteiger partial charge in [-0.3, -0.25) is 0 Å². The van der Waals surface area contributed by atoms with Crippen molar-refractivity contribution in [1.29, 1.82) is 0 Å². The van der Waals surface area contributed by atoms with Crippen molar-refractivity contribution in [3.8, 4) is 11.5 Å². The van der Waals surface area contributed by atoms with Gasteiger partial charge in [-0.2, -0.15) is 0 Å². The van der Waals surface area contributed by atoms with Crippen LogP contribution in [0.1, 0.15) is 5.82 Å². The molecule has 0 amide bonds. The van der Waals surface area contributed by atoms with Crippen molar-refractivity contribution in [2.24, 2.45) is 0 Å². The van der Waals surface area contributed by atoms with Gasteiger partial charge in [-0.05, 0) is 24.3 Å². The Kier molecular flexibility index (Phi) is 3.96. The van der Waals surface area contributed by atoms with Gasteiger partial charge in [0.1, 0.15) is 17.3 Å². The van der Waals surface area contributed by atoms with E-state index in [4.69, 9.17) is 15.2 Å². The van der Waals surface area contributed by atoms with Crippen LogP contribution in [0.3, 0.4) is 0 Å². The van der Waals surface area contributed by atoms with Crippen LogP contribution in [0.5, 0.6) is 11.5 Å². The van der Waals surface area contributed by atoms with E-state index in [1.165, 1.54) is 0 Å². The maximum atomic E-state index is 5.57. The topological polar surface area (TPSA) is 70.3 Å². The largest absolute Gasteiger partial charge is 0.497 e. The average Bonchev–Trinajstić information content (AvgIpc) is 2.42. The Labute approximate surface area is 106 Å². The second-order valence-electron chi connectivity index (χ2n) is 3.71. The van der Waals surface area contributed by atoms with E-state index in [0.29, 0.717) is 18.7 Å². The minimum atomic E-state index is 0.524. The zero-order chi connectivity index (χ0) is 12.8. The van der Waals surface area contributed by atoms with Gasteiger partial charge in [0, 0.05) is 6.42 Å². The van der Waals surface area contributed by atoms with E-state index in [0.717, 1.165) is 17.3 Å². The number of nitrogen functional groups attached to an aromatic ring is 1. The van der Waals surface area contributed by atoms with Crippen LogP contribution >= 0.6 is 0 Å². The standard InChI is InChI=1S/C13H15N3O2/c1-17-11-2-4-12(5-3-11)18-7-6-13-15-8-10(14)9-16-13/h2-5,8-9H,6-7,14H2,1H3. The molecule has 0 fully saturated rings. The Morgan fingerprint density at radius 3 is 2.28 bits per heavy atom. The van der Waals surface area contributed by atoms with Gasteiger partial charge in [0.15, 0.2) is 0 Å². The van der Waals surface area contributed by atoms with Gasteiger partial charge < -0.3 is 15.2 Å². The summed E-state index contributed by atoms with van der Waals surface area (Å²) >= 11 is 0. The van der Waals surface area contributed by atoms with Gasteiger partial charge in [-0.15, -0.1) is 0 Å². The molecule has 0 atom stereocenters. The summed E-state index contributed by atoms with van der Waals surface area (Å²) in [6, 6.07) is 7.44. The van der Waals surface area contributed by atoms with Gasteiger partial charge in [0.05, 0.1) is 31.8 Å². The summed E-state index contributed by atoms with van der Waals surface area (Å²) in [6.07, 6.45) is 3.83. The molecule has 0 saturated carbocycles. The van der Waals surface area contributed by atoms with E-state index >= 15 is 0 Å². The number of hydrogen-bond acceptors (Lipinski definition) is 5. The Morgan fingerprint density at radius 2 is 1.67 bits per heavy atom. The van der Waals surface area contributed by atoms with E-state index in [2.05, 4.69) is 9.97 Å². The van der Waals surface area contributed by atoms with Crippen molar-refractivity contribution in [3.63, 3.8) is 0 Å². The molecule has 0 aliphatic heterocycles. The van der Waals surface area contributed by atoms with Crippen molar-refractivity contribution < 1.29 is 9.47 Å². The molecule has 1 heterocycles. The fraction of sp³-hybridized carbons (Fsp3) is 0.231. The van der Waals surface area contributed by atoms with E-state index in [9.17, 15) is 0 Å². The van der Waals surface area contributed by atoms with Crippen molar-refractivity contribution in [2.45, 2.75) is 6.42 Å². The van der Waals surface area contributed by atoms with Crippen LogP contribution in [0.15, 0.2) is 36.7 Å². The third-order valence-electron chi connectivity index (χ3n) is 2.38.